The largest absolute Gasteiger partial charge is 0.489 e. The Hall–Kier alpha value is -2.36. The number of rotatable bonds is 4. The predicted molar refractivity (Wildman–Crippen MR) is 74.3 cm³/mol. The molecule has 20 heavy (non-hydrogen) atoms. The zero-order valence-corrected chi connectivity index (χ0v) is 10.9. The van der Waals surface area contributed by atoms with Crippen LogP contribution in [0.15, 0.2) is 36.5 Å². The summed E-state index contributed by atoms with van der Waals surface area (Å²) in [6.07, 6.45) is 1.56. The van der Waals surface area contributed by atoms with E-state index in [2.05, 4.69) is 4.98 Å². The van der Waals surface area contributed by atoms with Crippen LogP contribution in [0.25, 0.3) is 0 Å². The second-order valence-electron chi connectivity index (χ2n) is 4.31. The summed E-state index contributed by atoms with van der Waals surface area (Å²) in [5.74, 6) is 0.627. The number of aryl methyl sites for hydroxylation is 1. The Balaban J connectivity index is 2.14. The highest BCUT2D eigenvalue weighted by atomic mass is 16.5. The topological polar surface area (TPSA) is 86.4 Å². The smallest absolute Gasteiger partial charge is 0.488 e. The molecule has 2 rings (SSSR count). The Kier molecular flexibility index (Phi) is 4.36. The Labute approximate surface area is 117 Å². The van der Waals surface area contributed by atoms with Gasteiger partial charge in [0.05, 0.1) is 0 Å². The minimum Gasteiger partial charge on any atom is -0.489 e. The molecule has 0 bridgehead atoms. The monoisotopic (exact) mass is 268 g/mol. The van der Waals surface area contributed by atoms with Gasteiger partial charge in [-0.15, -0.1) is 0 Å². The standard InChI is InChI=1S/C14H13BN2O3/c1-10-7-12(15(18)19)4-5-14(10)20-9-11-3-2-6-17-13(11)8-16/h2-7,18-19H,9H2,1H3. The summed E-state index contributed by atoms with van der Waals surface area (Å²) in [5, 5.41) is 27.1. The van der Waals surface area contributed by atoms with Crippen LogP contribution in [0.1, 0.15) is 16.8 Å². The van der Waals surface area contributed by atoms with Gasteiger partial charge in [0, 0.05) is 11.8 Å². The van der Waals surface area contributed by atoms with Gasteiger partial charge >= 0.3 is 7.12 Å². The van der Waals surface area contributed by atoms with Gasteiger partial charge in [-0.05, 0) is 30.1 Å². The lowest BCUT2D eigenvalue weighted by Gasteiger charge is -2.11. The predicted octanol–water partition coefficient (Wildman–Crippen LogP) is 0.520. The highest BCUT2D eigenvalue weighted by Crippen LogP contribution is 2.18. The van der Waals surface area contributed by atoms with Crippen LogP contribution in [0.3, 0.4) is 0 Å². The Bertz CT molecular complexity index is 653. The molecule has 6 heteroatoms. The lowest BCUT2D eigenvalue weighted by molar-refractivity contribution is 0.303. The van der Waals surface area contributed by atoms with Crippen LogP contribution in [-0.4, -0.2) is 22.2 Å². The number of benzene rings is 1. The molecule has 0 atom stereocenters. The van der Waals surface area contributed by atoms with E-state index in [9.17, 15) is 0 Å². The summed E-state index contributed by atoms with van der Waals surface area (Å²) < 4.78 is 5.65. The zero-order chi connectivity index (χ0) is 14.5. The molecule has 1 heterocycles. The van der Waals surface area contributed by atoms with Crippen LogP contribution in [0.5, 0.6) is 5.75 Å². The number of ether oxygens (including phenoxy) is 1. The molecule has 0 spiro atoms. The molecule has 1 aromatic heterocycles. The van der Waals surface area contributed by atoms with Crippen LogP contribution >= 0.6 is 0 Å². The number of nitrogens with zero attached hydrogens (tertiary/aromatic N) is 2. The summed E-state index contributed by atoms with van der Waals surface area (Å²) in [7, 11) is -1.49. The molecule has 0 radical (unpaired) electrons. The number of aromatic nitrogens is 1. The van der Waals surface area contributed by atoms with Crippen molar-refractivity contribution in [2.75, 3.05) is 0 Å². The van der Waals surface area contributed by atoms with Crippen molar-refractivity contribution in [3.8, 4) is 11.8 Å². The molecule has 0 saturated heterocycles. The lowest BCUT2D eigenvalue weighted by Crippen LogP contribution is -2.29. The van der Waals surface area contributed by atoms with E-state index < -0.39 is 7.12 Å². The van der Waals surface area contributed by atoms with Gasteiger partial charge in [-0.1, -0.05) is 18.2 Å². The average molecular weight is 268 g/mol. The normalized spacial score (nSPS) is 9.90. The quantitative estimate of drug-likeness (QED) is 0.789. The molecule has 5 nitrogen and oxygen atoms in total. The second kappa shape index (κ2) is 6.19. The van der Waals surface area contributed by atoms with Gasteiger partial charge in [-0.25, -0.2) is 4.98 Å². The molecule has 1 aromatic carbocycles. The molecule has 0 unspecified atom stereocenters. The van der Waals surface area contributed by atoms with Gasteiger partial charge in [-0.3, -0.25) is 0 Å². The maximum Gasteiger partial charge on any atom is 0.488 e. The lowest BCUT2D eigenvalue weighted by atomic mass is 9.79. The van der Waals surface area contributed by atoms with E-state index in [1.807, 2.05) is 13.0 Å². The van der Waals surface area contributed by atoms with Crippen molar-refractivity contribution < 1.29 is 14.8 Å². The third kappa shape index (κ3) is 3.15. The van der Waals surface area contributed by atoms with E-state index in [1.165, 1.54) is 0 Å². The molecule has 0 aliphatic heterocycles. The molecule has 100 valence electrons. The number of nitriles is 1. The fourth-order valence-corrected chi connectivity index (χ4v) is 1.81. The van der Waals surface area contributed by atoms with E-state index in [1.54, 1.807) is 36.5 Å². The summed E-state index contributed by atoms with van der Waals surface area (Å²) in [5.41, 5.74) is 2.25. The van der Waals surface area contributed by atoms with E-state index in [-0.39, 0.29) is 6.61 Å². The van der Waals surface area contributed by atoms with Crippen molar-refractivity contribution in [2.24, 2.45) is 0 Å². The highest BCUT2D eigenvalue weighted by Gasteiger charge is 2.12. The van der Waals surface area contributed by atoms with Gasteiger partial charge in [0.25, 0.3) is 0 Å². The van der Waals surface area contributed by atoms with Gasteiger partial charge in [0.2, 0.25) is 0 Å². The van der Waals surface area contributed by atoms with Gasteiger partial charge in [-0.2, -0.15) is 5.26 Å². The summed E-state index contributed by atoms with van der Waals surface area (Å²) in [4.78, 5) is 3.96. The Morgan fingerprint density at radius 3 is 2.80 bits per heavy atom. The second-order valence-corrected chi connectivity index (χ2v) is 4.31. The maximum atomic E-state index is 9.09. The van der Waals surface area contributed by atoms with Crippen molar-refractivity contribution in [1.29, 1.82) is 5.26 Å². The molecule has 0 saturated carbocycles. The van der Waals surface area contributed by atoms with Crippen LogP contribution in [0.2, 0.25) is 0 Å². The highest BCUT2D eigenvalue weighted by molar-refractivity contribution is 6.58. The van der Waals surface area contributed by atoms with Crippen LogP contribution in [0.4, 0.5) is 0 Å². The average Bonchev–Trinajstić information content (AvgIpc) is 2.46. The fourth-order valence-electron chi connectivity index (χ4n) is 1.81. The van der Waals surface area contributed by atoms with Crippen LogP contribution in [-0.2, 0) is 6.61 Å². The van der Waals surface area contributed by atoms with E-state index in [4.69, 9.17) is 20.0 Å². The molecule has 0 aliphatic carbocycles. The first kappa shape index (κ1) is 14.1. The molecule has 0 aliphatic rings. The Morgan fingerprint density at radius 2 is 2.15 bits per heavy atom. The van der Waals surface area contributed by atoms with Crippen LogP contribution < -0.4 is 10.2 Å². The first-order valence-electron chi connectivity index (χ1n) is 6.05. The molecular formula is C14H13BN2O3. The minimum absolute atomic E-state index is 0.235. The zero-order valence-electron chi connectivity index (χ0n) is 10.9. The molecule has 2 aromatic rings. The minimum atomic E-state index is -1.49. The van der Waals surface area contributed by atoms with Crippen molar-refractivity contribution in [1.82, 2.24) is 4.98 Å². The number of hydrogen-bond donors (Lipinski definition) is 2. The SMILES string of the molecule is Cc1cc(B(O)O)ccc1OCc1cccnc1C#N. The van der Waals surface area contributed by atoms with Gasteiger partial charge in [0.1, 0.15) is 24.1 Å². The van der Waals surface area contributed by atoms with Gasteiger partial charge < -0.3 is 14.8 Å². The summed E-state index contributed by atoms with van der Waals surface area (Å²) >= 11 is 0. The molecule has 0 fully saturated rings. The van der Waals surface area contributed by atoms with E-state index in [0.717, 1.165) is 5.56 Å². The first-order chi connectivity index (χ1) is 9.61. The van der Waals surface area contributed by atoms with Crippen molar-refractivity contribution in [3.05, 3.63) is 53.3 Å². The van der Waals surface area contributed by atoms with Crippen molar-refractivity contribution in [2.45, 2.75) is 13.5 Å². The number of hydrogen-bond acceptors (Lipinski definition) is 5. The van der Waals surface area contributed by atoms with E-state index in [0.29, 0.717) is 22.5 Å². The first-order valence-corrected chi connectivity index (χ1v) is 6.05. The molecule has 0 amide bonds. The van der Waals surface area contributed by atoms with Crippen molar-refractivity contribution in [3.63, 3.8) is 0 Å². The van der Waals surface area contributed by atoms with Crippen molar-refractivity contribution >= 4 is 12.6 Å². The Morgan fingerprint density at radius 1 is 1.35 bits per heavy atom. The number of pyridine rings is 1. The summed E-state index contributed by atoms with van der Waals surface area (Å²) in [6, 6.07) is 10.5. The third-order valence-corrected chi connectivity index (χ3v) is 2.88. The summed E-state index contributed by atoms with van der Waals surface area (Å²) in [6.45, 7) is 2.05. The third-order valence-electron chi connectivity index (χ3n) is 2.88. The van der Waals surface area contributed by atoms with Gasteiger partial charge in [0.15, 0.2) is 0 Å². The maximum absolute atomic E-state index is 9.09. The molecular weight excluding hydrogens is 255 g/mol. The molecule has 2 N–H and O–H groups in total. The fraction of sp³-hybridized carbons (Fsp3) is 0.143. The van der Waals surface area contributed by atoms with E-state index >= 15 is 0 Å². The van der Waals surface area contributed by atoms with Crippen LogP contribution in [0, 0.1) is 18.3 Å².